The Kier molecular flexibility index (Phi) is 50.7. The molecule has 0 saturated carbocycles. The Hall–Kier alpha value is -2.03. The summed E-state index contributed by atoms with van der Waals surface area (Å²) in [4.78, 5) is 35.0. The highest BCUT2D eigenvalue weighted by atomic mass is 31.2. The summed E-state index contributed by atoms with van der Waals surface area (Å²) in [6.07, 6.45) is 63.1. The zero-order chi connectivity index (χ0) is 48.1. The van der Waals surface area contributed by atoms with E-state index in [2.05, 4.69) is 62.5 Å². The van der Waals surface area contributed by atoms with E-state index >= 15 is 0 Å². The van der Waals surface area contributed by atoms with E-state index in [1.807, 2.05) is 0 Å². The van der Waals surface area contributed by atoms with Gasteiger partial charge in [-0.2, -0.15) is 0 Å². The largest absolute Gasteiger partial charge is 0.472 e. The first-order valence-corrected chi connectivity index (χ1v) is 29.1. The summed E-state index contributed by atoms with van der Waals surface area (Å²) in [7, 11) is -4.38. The first-order chi connectivity index (χ1) is 32.3. The van der Waals surface area contributed by atoms with Gasteiger partial charge in [0.2, 0.25) is 0 Å². The monoisotopic (exact) mass is 950 g/mol. The molecule has 0 aliphatic heterocycles. The van der Waals surface area contributed by atoms with Gasteiger partial charge in [0, 0.05) is 19.4 Å². The lowest BCUT2D eigenvalue weighted by Crippen LogP contribution is -2.29. The second-order valence-corrected chi connectivity index (χ2v) is 19.9. The Balaban J connectivity index is 3.91. The fourth-order valence-electron chi connectivity index (χ4n) is 7.81. The lowest BCUT2D eigenvalue weighted by Gasteiger charge is -2.19. The van der Waals surface area contributed by atoms with Crippen molar-refractivity contribution in [2.45, 2.75) is 270 Å². The minimum atomic E-state index is -4.38. The van der Waals surface area contributed by atoms with Gasteiger partial charge in [0.1, 0.15) is 6.61 Å². The average molecular weight is 950 g/mol. The average Bonchev–Trinajstić information content (AvgIpc) is 3.31. The maximum absolute atomic E-state index is 12.7. The molecule has 0 bridgehead atoms. The molecule has 0 aromatic carbocycles. The van der Waals surface area contributed by atoms with E-state index in [0.717, 1.165) is 70.6 Å². The summed E-state index contributed by atoms with van der Waals surface area (Å²) < 4.78 is 32.9. The predicted octanol–water partition coefficient (Wildman–Crippen LogP) is 17.0. The molecule has 9 nitrogen and oxygen atoms in total. The van der Waals surface area contributed by atoms with Crippen LogP contribution in [0.25, 0.3) is 0 Å². The molecule has 66 heavy (non-hydrogen) atoms. The van der Waals surface area contributed by atoms with E-state index in [1.54, 1.807) is 0 Å². The topological polar surface area (TPSA) is 134 Å². The van der Waals surface area contributed by atoms with Crippen LogP contribution in [0.15, 0.2) is 48.6 Å². The Morgan fingerprint density at radius 1 is 0.455 bits per heavy atom. The van der Waals surface area contributed by atoms with E-state index < -0.39 is 26.5 Å². The lowest BCUT2D eigenvalue weighted by atomic mass is 10.0. The molecule has 0 spiro atoms. The van der Waals surface area contributed by atoms with Crippen LogP contribution >= 0.6 is 7.82 Å². The van der Waals surface area contributed by atoms with Gasteiger partial charge in [0.05, 0.1) is 13.2 Å². The van der Waals surface area contributed by atoms with Gasteiger partial charge in [-0.05, 0) is 77.0 Å². The number of allylic oxidation sites excluding steroid dienone is 8. The van der Waals surface area contributed by atoms with Gasteiger partial charge >= 0.3 is 19.8 Å². The van der Waals surface area contributed by atoms with Crippen LogP contribution in [-0.2, 0) is 32.7 Å². The molecule has 0 fully saturated rings. The fourth-order valence-corrected chi connectivity index (χ4v) is 8.58. The molecule has 0 saturated heterocycles. The zero-order valence-electron chi connectivity index (χ0n) is 42.9. The summed E-state index contributed by atoms with van der Waals surface area (Å²) in [5.74, 6) is -0.831. The number of hydrogen-bond acceptors (Lipinski definition) is 8. The molecule has 386 valence electrons. The van der Waals surface area contributed by atoms with Crippen molar-refractivity contribution in [2.24, 2.45) is 5.73 Å². The molecule has 0 aromatic rings. The Morgan fingerprint density at radius 3 is 1.18 bits per heavy atom. The number of rotatable bonds is 52. The maximum atomic E-state index is 12.7. The van der Waals surface area contributed by atoms with E-state index in [4.69, 9.17) is 24.3 Å². The van der Waals surface area contributed by atoms with E-state index in [-0.39, 0.29) is 38.6 Å². The molecule has 0 heterocycles. The summed E-state index contributed by atoms with van der Waals surface area (Å²) in [6.45, 7) is 3.73. The van der Waals surface area contributed by atoms with Crippen LogP contribution in [0.4, 0.5) is 0 Å². The van der Waals surface area contributed by atoms with Crippen molar-refractivity contribution in [3.8, 4) is 0 Å². The molecule has 2 unspecified atom stereocenters. The van der Waals surface area contributed by atoms with Crippen molar-refractivity contribution in [2.75, 3.05) is 26.4 Å². The first-order valence-electron chi connectivity index (χ1n) is 27.6. The number of esters is 2. The normalized spacial score (nSPS) is 13.5. The number of unbranched alkanes of at least 4 members (excludes halogenated alkanes) is 31. The highest BCUT2D eigenvalue weighted by Gasteiger charge is 2.26. The molecule has 0 amide bonds. The van der Waals surface area contributed by atoms with Gasteiger partial charge in [-0.1, -0.05) is 223 Å². The van der Waals surface area contributed by atoms with Crippen molar-refractivity contribution >= 4 is 19.8 Å². The van der Waals surface area contributed by atoms with Crippen molar-refractivity contribution in [1.82, 2.24) is 0 Å². The third-order valence-corrected chi connectivity index (χ3v) is 12.9. The van der Waals surface area contributed by atoms with Gasteiger partial charge in [0.15, 0.2) is 6.10 Å². The summed E-state index contributed by atoms with van der Waals surface area (Å²) in [5.41, 5.74) is 5.37. The molecule has 0 aromatic heterocycles. The smallest absolute Gasteiger partial charge is 0.462 e. The molecule has 0 rings (SSSR count). The molecular formula is C56H104NO8P. The number of phosphoric ester groups is 1. The van der Waals surface area contributed by atoms with Gasteiger partial charge in [-0.15, -0.1) is 0 Å². The Bertz CT molecular complexity index is 1220. The van der Waals surface area contributed by atoms with Crippen LogP contribution < -0.4 is 5.73 Å². The van der Waals surface area contributed by atoms with Crippen LogP contribution in [0, 0.1) is 0 Å². The first kappa shape index (κ1) is 64.0. The quantitative estimate of drug-likeness (QED) is 0.0264. The van der Waals surface area contributed by atoms with Crippen LogP contribution in [0.2, 0.25) is 0 Å². The molecule has 2 atom stereocenters. The molecule has 0 aliphatic carbocycles. The molecule has 3 N–H and O–H groups in total. The SMILES string of the molecule is CCCCCCC/C=C\C/C=C\C/C=C\CCCCCCCCCCCCCCCCCCC(=O)OC(COC(=O)CCCCCCC/C=C\CCCCCCC)COP(=O)(O)OCCN. The highest BCUT2D eigenvalue weighted by Crippen LogP contribution is 2.43. The third kappa shape index (κ3) is 51.4. The Morgan fingerprint density at radius 2 is 0.788 bits per heavy atom. The van der Waals surface area contributed by atoms with Crippen LogP contribution in [0.1, 0.15) is 264 Å². The summed E-state index contributed by atoms with van der Waals surface area (Å²) in [5, 5.41) is 0. The predicted molar refractivity (Wildman–Crippen MR) is 280 cm³/mol. The van der Waals surface area contributed by atoms with Crippen molar-refractivity contribution in [1.29, 1.82) is 0 Å². The summed E-state index contributed by atoms with van der Waals surface area (Å²) >= 11 is 0. The minimum absolute atomic E-state index is 0.0524. The zero-order valence-corrected chi connectivity index (χ0v) is 43.8. The number of carbonyl (C=O) groups excluding carboxylic acids is 2. The number of carbonyl (C=O) groups is 2. The van der Waals surface area contributed by atoms with Crippen LogP contribution in [0.5, 0.6) is 0 Å². The van der Waals surface area contributed by atoms with Crippen LogP contribution in [-0.4, -0.2) is 49.3 Å². The summed E-state index contributed by atoms with van der Waals surface area (Å²) in [6, 6.07) is 0. The van der Waals surface area contributed by atoms with Crippen molar-refractivity contribution in [3.05, 3.63) is 48.6 Å². The molecule has 0 aliphatic rings. The van der Waals surface area contributed by atoms with Gasteiger partial charge in [0.25, 0.3) is 0 Å². The highest BCUT2D eigenvalue weighted by molar-refractivity contribution is 7.47. The molecular weight excluding hydrogens is 846 g/mol. The molecule has 0 radical (unpaired) electrons. The minimum Gasteiger partial charge on any atom is -0.462 e. The van der Waals surface area contributed by atoms with Gasteiger partial charge < -0.3 is 20.1 Å². The van der Waals surface area contributed by atoms with Crippen molar-refractivity contribution < 1.29 is 37.6 Å². The fraction of sp³-hybridized carbons (Fsp3) is 0.821. The van der Waals surface area contributed by atoms with Crippen LogP contribution in [0.3, 0.4) is 0 Å². The molecule has 10 heteroatoms. The second kappa shape index (κ2) is 52.3. The van der Waals surface area contributed by atoms with E-state index in [1.165, 1.54) is 161 Å². The van der Waals surface area contributed by atoms with Gasteiger partial charge in [-0.25, -0.2) is 4.57 Å². The van der Waals surface area contributed by atoms with E-state index in [9.17, 15) is 19.0 Å². The lowest BCUT2D eigenvalue weighted by molar-refractivity contribution is -0.161. The second-order valence-electron chi connectivity index (χ2n) is 18.4. The number of nitrogens with two attached hydrogens (primary N) is 1. The van der Waals surface area contributed by atoms with Crippen molar-refractivity contribution in [3.63, 3.8) is 0 Å². The van der Waals surface area contributed by atoms with E-state index in [0.29, 0.717) is 6.42 Å². The Labute approximate surface area is 407 Å². The number of hydrogen-bond donors (Lipinski definition) is 2. The van der Waals surface area contributed by atoms with Gasteiger partial charge in [-0.3, -0.25) is 18.6 Å². The number of phosphoric acid groups is 1. The maximum Gasteiger partial charge on any atom is 0.472 e. The third-order valence-electron chi connectivity index (χ3n) is 11.9. The standard InChI is InChI=1S/C56H104NO8P/c1-3-5-7-9-11-13-15-17-19-20-21-22-23-24-25-26-27-28-29-30-31-32-33-34-35-37-39-41-43-45-47-49-56(59)65-54(53-64-66(60,61)63-51-50-57)52-62-55(58)48-46-44-42-40-38-36-18-16-14-12-10-8-6-4-2/h15-18,20-21,23-24,54H,3-14,19,22,25-53,57H2,1-2H3,(H,60,61)/b17-15-,18-16-,21-20-,24-23-. The number of ether oxygens (including phenoxy) is 2.